The molecule has 1 spiro atoms. The molecule has 0 aliphatic carbocycles. The summed E-state index contributed by atoms with van der Waals surface area (Å²) in [7, 11) is 1.92. The van der Waals surface area contributed by atoms with E-state index in [4.69, 9.17) is 0 Å². The van der Waals surface area contributed by atoms with Crippen LogP contribution in [0.4, 0.5) is 5.69 Å². The van der Waals surface area contributed by atoms with Crippen LogP contribution in [-0.2, 0) is 4.79 Å². The minimum atomic E-state index is -0.354. The van der Waals surface area contributed by atoms with E-state index in [1.807, 2.05) is 18.0 Å². The second-order valence-electron chi connectivity index (χ2n) is 7.49. The number of unbranched alkanes of at least 4 members (excludes halogenated alkanes) is 2. The number of anilines is 1. The molecule has 0 saturated carbocycles. The molecule has 0 N–H and O–H groups in total. The van der Waals surface area contributed by atoms with Crippen LogP contribution in [-0.4, -0.2) is 54.6 Å². The molecular formula is C22H31N3O. The molecule has 140 valence electrons. The molecule has 4 heteroatoms. The summed E-state index contributed by atoms with van der Waals surface area (Å²) in [6.45, 7) is 5.93. The summed E-state index contributed by atoms with van der Waals surface area (Å²) in [5.74, 6) is 6.78. The van der Waals surface area contributed by atoms with E-state index in [-0.39, 0.29) is 11.4 Å². The zero-order valence-electron chi connectivity index (χ0n) is 16.2. The molecule has 2 heterocycles. The van der Waals surface area contributed by atoms with Gasteiger partial charge in [-0.3, -0.25) is 4.79 Å². The highest BCUT2D eigenvalue weighted by Gasteiger charge is 2.52. The van der Waals surface area contributed by atoms with Gasteiger partial charge in [-0.05, 0) is 44.4 Å². The van der Waals surface area contributed by atoms with Gasteiger partial charge in [0.25, 0.3) is 0 Å². The largest absolute Gasteiger partial charge is 0.339 e. The van der Waals surface area contributed by atoms with Crippen LogP contribution in [0.25, 0.3) is 0 Å². The molecule has 2 saturated heterocycles. The van der Waals surface area contributed by atoms with Crippen LogP contribution in [0.5, 0.6) is 0 Å². The van der Waals surface area contributed by atoms with Gasteiger partial charge in [0, 0.05) is 38.7 Å². The zero-order chi connectivity index (χ0) is 18.4. The molecule has 2 fully saturated rings. The first-order valence-electron chi connectivity index (χ1n) is 9.94. The number of nitrogens with zero attached hydrogens (tertiary/aromatic N) is 3. The minimum Gasteiger partial charge on any atom is -0.339 e. The van der Waals surface area contributed by atoms with Gasteiger partial charge >= 0.3 is 0 Å². The summed E-state index contributed by atoms with van der Waals surface area (Å²) in [5, 5.41) is 0. The van der Waals surface area contributed by atoms with Crippen molar-refractivity contribution in [1.82, 2.24) is 9.80 Å². The van der Waals surface area contributed by atoms with Crippen molar-refractivity contribution in [2.75, 3.05) is 38.3 Å². The third-order valence-corrected chi connectivity index (χ3v) is 5.64. The van der Waals surface area contributed by atoms with E-state index in [0.29, 0.717) is 6.67 Å². The van der Waals surface area contributed by atoms with Crippen LogP contribution in [0.3, 0.4) is 0 Å². The molecule has 2 aliphatic heterocycles. The second kappa shape index (κ2) is 8.60. The number of rotatable bonds is 5. The number of amides is 1. The van der Waals surface area contributed by atoms with Crippen molar-refractivity contribution in [2.24, 2.45) is 0 Å². The van der Waals surface area contributed by atoms with Crippen molar-refractivity contribution in [2.45, 2.75) is 51.0 Å². The van der Waals surface area contributed by atoms with E-state index in [1.54, 1.807) is 0 Å². The Labute approximate surface area is 158 Å². The van der Waals surface area contributed by atoms with Crippen LogP contribution in [0.2, 0.25) is 0 Å². The van der Waals surface area contributed by atoms with Gasteiger partial charge in [0.1, 0.15) is 5.54 Å². The van der Waals surface area contributed by atoms with Gasteiger partial charge in [-0.25, -0.2) is 0 Å². The number of benzene rings is 1. The van der Waals surface area contributed by atoms with E-state index in [9.17, 15) is 4.79 Å². The molecule has 3 rings (SSSR count). The van der Waals surface area contributed by atoms with E-state index in [0.717, 1.165) is 63.8 Å². The fourth-order valence-electron chi connectivity index (χ4n) is 4.14. The SMILES string of the molecule is CCCC#CCCCN1CCC2(CC1)C(=O)N(C)CN2c1ccccc1. The monoisotopic (exact) mass is 353 g/mol. The van der Waals surface area contributed by atoms with Crippen molar-refractivity contribution in [3.63, 3.8) is 0 Å². The summed E-state index contributed by atoms with van der Waals surface area (Å²) in [4.78, 5) is 19.7. The number of likely N-dealkylation sites (tertiary alicyclic amines) is 1. The summed E-state index contributed by atoms with van der Waals surface area (Å²) >= 11 is 0. The van der Waals surface area contributed by atoms with Crippen molar-refractivity contribution >= 4 is 11.6 Å². The normalized spacial score (nSPS) is 19.7. The quantitative estimate of drug-likeness (QED) is 0.600. The Kier molecular flexibility index (Phi) is 6.21. The van der Waals surface area contributed by atoms with Crippen LogP contribution < -0.4 is 4.90 Å². The first kappa shape index (κ1) is 18.8. The maximum atomic E-state index is 13.0. The highest BCUT2D eigenvalue weighted by molar-refractivity contribution is 5.93. The lowest BCUT2D eigenvalue weighted by Gasteiger charge is -2.43. The van der Waals surface area contributed by atoms with Gasteiger partial charge in [0.15, 0.2) is 0 Å². The number of carbonyl (C=O) groups excluding carboxylic acids is 1. The summed E-state index contributed by atoms with van der Waals surface area (Å²) in [5.41, 5.74) is 0.804. The number of hydrogen-bond donors (Lipinski definition) is 0. The lowest BCUT2D eigenvalue weighted by molar-refractivity contribution is -0.132. The molecule has 0 radical (unpaired) electrons. The first-order chi connectivity index (χ1) is 12.7. The third-order valence-electron chi connectivity index (χ3n) is 5.64. The molecule has 4 nitrogen and oxygen atoms in total. The molecule has 26 heavy (non-hydrogen) atoms. The summed E-state index contributed by atoms with van der Waals surface area (Å²) < 4.78 is 0. The molecule has 1 amide bonds. The van der Waals surface area contributed by atoms with Crippen LogP contribution >= 0.6 is 0 Å². The summed E-state index contributed by atoms with van der Waals surface area (Å²) in [6, 6.07) is 10.4. The average Bonchev–Trinajstić information content (AvgIpc) is 2.92. The number of likely N-dealkylation sites (N-methyl/N-ethyl adjacent to an activating group) is 1. The highest BCUT2D eigenvalue weighted by Crippen LogP contribution is 2.38. The predicted molar refractivity (Wildman–Crippen MR) is 107 cm³/mol. The fraction of sp³-hybridized carbons (Fsp3) is 0.591. The van der Waals surface area contributed by atoms with E-state index < -0.39 is 0 Å². The van der Waals surface area contributed by atoms with Gasteiger partial charge in [-0.2, -0.15) is 0 Å². The fourth-order valence-corrected chi connectivity index (χ4v) is 4.14. The number of carbonyl (C=O) groups is 1. The maximum Gasteiger partial charge on any atom is 0.249 e. The van der Waals surface area contributed by atoms with E-state index in [1.165, 1.54) is 0 Å². The Bertz CT molecular complexity index is 653. The Morgan fingerprint density at radius 2 is 1.77 bits per heavy atom. The van der Waals surface area contributed by atoms with Crippen molar-refractivity contribution in [3.05, 3.63) is 30.3 Å². The predicted octanol–water partition coefficient (Wildman–Crippen LogP) is 3.34. The first-order valence-corrected chi connectivity index (χ1v) is 9.94. The second-order valence-corrected chi connectivity index (χ2v) is 7.49. The van der Waals surface area contributed by atoms with E-state index >= 15 is 0 Å². The zero-order valence-corrected chi connectivity index (χ0v) is 16.2. The van der Waals surface area contributed by atoms with Crippen LogP contribution in [0, 0.1) is 11.8 Å². The van der Waals surface area contributed by atoms with Gasteiger partial charge in [0.05, 0.1) is 6.67 Å². The van der Waals surface area contributed by atoms with Crippen molar-refractivity contribution < 1.29 is 4.79 Å². The molecule has 0 atom stereocenters. The number of hydrogen-bond acceptors (Lipinski definition) is 3. The topological polar surface area (TPSA) is 26.8 Å². The molecule has 0 bridgehead atoms. The van der Waals surface area contributed by atoms with E-state index in [2.05, 4.69) is 52.8 Å². The van der Waals surface area contributed by atoms with Gasteiger partial charge in [-0.15, -0.1) is 11.8 Å². The maximum absolute atomic E-state index is 13.0. The molecule has 0 aromatic heterocycles. The Hall–Kier alpha value is -1.99. The Morgan fingerprint density at radius 1 is 1.08 bits per heavy atom. The lowest BCUT2D eigenvalue weighted by Crippen LogP contribution is -2.56. The van der Waals surface area contributed by atoms with Gasteiger partial charge in [0.2, 0.25) is 5.91 Å². The molecule has 1 aromatic carbocycles. The third kappa shape index (κ3) is 3.88. The smallest absolute Gasteiger partial charge is 0.249 e. The molecular weight excluding hydrogens is 322 g/mol. The highest BCUT2D eigenvalue weighted by atomic mass is 16.2. The Morgan fingerprint density at radius 3 is 2.46 bits per heavy atom. The van der Waals surface area contributed by atoms with Crippen molar-refractivity contribution in [3.8, 4) is 11.8 Å². The minimum absolute atomic E-state index is 0.284. The van der Waals surface area contributed by atoms with Crippen LogP contribution in [0.1, 0.15) is 45.4 Å². The number of para-hydroxylation sites is 1. The molecule has 2 aliphatic rings. The number of piperidine rings is 1. The van der Waals surface area contributed by atoms with Crippen LogP contribution in [0.15, 0.2) is 30.3 Å². The molecule has 0 unspecified atom stereocenters. The summed E-state index contributed by atoms with van der Waals surface area (Å²) in [6.07, 6.45) is 6.08. The average molecular weight is 354 g/mol. The van der Waals surface area contributed by atoms with Gasteiger partial charge < -0.3 is 14.7 Å². The lowest BCUT2D eigenvalue weighted by atomic mass is 9.85. The Balaban J connectivity index is 1.59. The van der Waals surface area contributed by atoms with Crippen molar-refractivity contribution in [1.29, 1.82) is 0 Å². The standard InChI is InChI=1S/C22H31N3O/c1-3-4-5-6-7-11-16-24-17-14-22(15-18-24)21(26)23(2)19-25(22)20-12-9-8-10-13-20/h8-10,12-13H,3-4,7,11,14-19H2,1-2H3. The van der Waals surface area contributed by atoms with Gasteiger partial charge in [-0.1, -0.05) is 25.1 Å². The molecule has 1 aromatic rings.